The Labute approximate surface area is 232 Å². The van der Waals surface area contributed by atoms with E-state index in [2.05, 4.69) is 5.32 Å². The first kappa shape index (κ1) is 28.0. The maximum Gasteiger partial charge on any atom is 0.348 e. The highest BCUT2D eigenvalue weighted by atomic mass is 32.1. The largest absolute Gasteiger partial charge is 0.459 e. The smallest absolute Gasteiger partial charge is 0.348 e. The van der Waals surface area contributed by atoms with Gasteiger partial charge in [0.25, 0.3) is 5.91 Å². The van der Waals surface area contributed by atoms with Crippen LogP contribution in [0.1, 0.15) is 74.8 Å². The lowest BCUT2D eigenvalue weighted by Crippen LogP contribution is -2.17. The van der Waals surface area contributed by atoms with Crippen LogP contribution in [0.4, 0.5) is 5.00 Å². The van der Waals surface area contributed by atoms with Crippen LogP contribution in [-0.2, 0) is 9.47 Å². The fraction of sp³-hybridized carbons (Fsp3) is 0.290. The lowest BCUT2D eigenvalue weighted by molar-refractivity contribution is 0.0378. The van der Waals surface area contributed by atoms with Crippen LogP contribution in [-0.4, -0.2) is 35.0 Å². The van der Waals surface area contributed by atoms with Gasteiger partial charge in [-0.25, -0.2) is 14.6 Å². The fourth-order valence-electron chi connectivity index (χ4n) is 4.16. The lowest BCUT2D eigenvalue weighted by atomic mass is 10.0. The highest BCUT2D eigenvalue weighted by molar-refractivity contribution is 7.18. The van der Waals surface area contributed by atoms with Crippen molar-refractivity contribution in [1.29, 1.82) is 0 Å². The molecule has 0 atom stereocenters. The topological polar surface area (TPSA) is 94.6 Å². The second kappa shape index (κ2) is 11.4. The SMILES string of the molecule is Cc1ccc(-c2cc(C(=O)Nc3sc(C(=O)OC(C)C)c(C)c3C(=O)OC(C)C)c3ccccc3n2)cc1C. The van der Waals surface area contributed by atoms with Gasteiger partial charge in [-0.15, -0.1) is 11.3 Å². The summed E-state index contributed by atoms with van der Waals surface area (Å²) in [5, 5.41) is 3.78. The quantitative estimate of drug-likeness (QED) is 0.246. The van der Waals surface area contributed by atoms with Crippen molar-refractivity contribution in [1.82, 2.24) is 4.98 Å². The van der Waals surface area contributed by atoms with Crippen LogP contribution in [0, 0.1) is 20.8 Å². The third kappa shape index (κ3) is 6.01. The van der Waals surface area contributed by atoms with E-state index in [0.717, 1.165) is 28.0 Å². The number of esters is 2. The number of nitrogens with one attached hydrogen (secondary N) is 1. The minimum absolute atomic E-state index is 0.144. The average molecular weight is 545 g/mol. The Morgan fingerprint density at radius 1 is 0.846 bits per heavy atom. The standard InChI is InChI=1S/C31H32N2O5S/c1-16(2)37-30(35)26-20(7)27(31(36)38-17(3)4)39-29(26)33-28(34)23-15-25(21-13-12-18(5)19(6)14-21)32-24-11-9-8-10-22(23)24/h8-17H,1-7H3,(H,33,34). The summed E-state index contributed by atoms with van der Waals surface area (Å²) >= 11 is 1.00. The van der Waals surface area contributed by atoms with Crippen LogP contribution in [0.15, 0.2) is 48.5 Å². The molecule has 0 aliphatic rings. The van der Waals surface area contributed by atoms with Crippen molar-refractivity contribution in [2.24, 2.45) is 0 Å². The lowest BCUT2D eigenvalue weighted by Gasteiger charge is -2.13. The van der Waals surface area contributed by atoms with Crippen molar-refractivity contribution in [3.05, 3.63) is 81.2 Å². The molecule has 0 saturated heterocycles. The first-order chi connectivity index (χ1) is 18.5. The highest BCUT2D eigenvalue weighted by Gasteiger charge is 2.29. The van der Waals surface area contributed by atoms with E-state index in [0.29, 0.717) is 27.7 Å². The Balaban J connectivity index is 1.81. The van der Waals surface area contributed by atoms with Crippen molar-refractivity contribution < 1.29 is 23.9 Å². The third-order valence-electron chi connectivity index (χ3n) is 6.21. The summed E-state index contributed by atoms with van der Waals surface area (Å²) in [5.41, 5.74) is 5.45. The molecule has 2 heterocycles. The zero-order chi connectivity index (χ0) is 28.4. The van der Waals surface area contributed by atoms with E-state index in [1.165, 1.54) is 0 Å². The Morgan fingerprint density at radius 2 is 1.51 bits per heavy atom. The van der Waals surface area contributed by atoms with Crippen molar-refractivity contribution in [2.45, 2.75) is 60.7 Å². The van der Waals surface area contributed by atoms with Crippen LogP contribution in [0.2, 0.25) is 0 Å². The number of rotatable bonds is 7. The number of hydrogen-bond donors (Lipinski definition) is 1. The number of aromatic nitrogens is 1. The first-order valence-electron chi connectivity index (χ1n) is 12.8. The van der Waals surface area contributed by atoms with Gasteiger partial charge in [0.1, 0.15) is 9.88 Å². The summed E-state index contributed by atoms with van der Waals surface area (Å²) in [6.45, 7) is 12.7. The number of pyridine rings is 1. The number of carbonyl (C=O) groups excluding carboxylic acids is 3. The molecule has 2 aromatic carbocycles. The van der Waals surface area contributed by atoms with E-state index in [4.69, 9.17) is 14.5 Å². The predicted molar refractivity (Wildman–Crippen MR) is 155 cm³/mol. The van der Waals surface area contributed by atoms with E-state index >= 15 is 0 Å². The van der Waals surface area contributed by atoms with Crippen LogP contribution >= 0.6 is 11.3 Å². The number of hydrogen-bond acceptors (Lipinski definition) is 7. The van der Waals surface area contributed by atoms with Gasteiger partial charge >= 0.3 is 11.9 Å². The highest BCUT2D eigenvalue weighted by Crippen LogP contribution is 2.36. The minimum Gasteiger partial charge on any atom is -0.459 e. The minimum atomic E-state index is -0.618. The van der Waals surface area contributed by atoms with E-state index < -0.39 is 17.8 Å². The van der Waals surface area contributed by atoms with Crippen LogP contribution in [0.3, 0.4) is 0 Å². The fourth-order valence-corrected chi connectivity index (χ4v) is 5.24. The number of nitrogens with zero attached hydrogens (tertiary/aromatic N) is 1. The summed E-state index contributed by atoms with van der Waals surface area (Å²) < 4.78 is 10.8. The normalized spacial score (nSPS) is 11.2. The van der Waals surface area contributed by atoms with Gasteiger partial charge < -0.3 is 14.8 Å². The summed E-state index contributed by atoms with van der Waals surface area (Å²) in [5.74, 6) is -1.60. The summed E-state index contributed by atoms with van der Waals surface area (Å²) in [4.78, 5) is 44.7. The first-order valence-corrected chi connectivity index (χ1v) is 13.6. The molecule has 202 valence electrons. The van der Waals surface area contributed by atoms with Gasteiger partial charge in [0.2, 0.25) is 0 Å². The Morgan fingerprint density at radius 3 is 2.18 bits per heavy atom. The molecule has 0 spiro atoms. The number of thiophene rings is 1. The summed E-state index contributed by atoms with van der Waals surface area (Å²) in [7, 11) is 0. The number of fused-ring (bicyclic) bond motifs is 1. The maximum atomic E-state index is 13.8. The zero-order valence-electron chi connectivity index (χ0n) is 23.2. The maximum absolute atomic E-state index is 13.8. The molecule has 7 nitrogen and oxygen atoms in total. The van der Waals surface area contributed by atoms with Gasteiger partial charge in [0, 0.05) is 10.9 Å². The molecule has 0 bridgehead atoms. The summed E-state index contributed by atoms with van der Waals surface area (Å²) in [6.07, 6.45) is -0.716. The predicted octanol–water partition coefficient (Wildman–Crippen LogP) is 7.27. The second-order valence-corrected chi connectivity index (χ2v) is 11.0. The molecule has 8 heteroatoms. The van der Waals surface area contributed by atoms with Crippen LogP contribution in [0.25, 0.3) is 22.2 Å². The number of anilines is 1. The zero-order valence-corrected chi connectivity index (χ0v) is 24.0. The van der Waals surface area contributed by atoms with Gasteiger partial charge in [0.15, 0.2) is 0 Å². The Kier molecular flexibility index (Phi) is 8.16. The van der Waals surface area contributed by atoms with Gasteiger partial charge in [-0.2, -0.15) is 0 Å². The number of carbonyl (C=O) groups is 3. The summed E-state index contributed by atoms with van der Waals surface area (Å²) in [6, 6.07) is 15.2. The molecule has 4 aromatic rings. The Hall–Kier alpha value is -4.04. The molecule has 0 aliphatic heterocycles. The van der Waals surface area contributed by atoms with Gasteiger partial charge in [-0.05, 0) is 83.4 Å². The van der Waals surface area contributed by atoms with Gasteiger partial charge in [-0.3, -0.25) is 4.79 Å². The molecule has 1 N–H and O–H groups in total. The van der Waals surface area contributed by atoms with Crippen molar-refractivity contribution in [2.75, 3.05) is 5.32 Å². The number of ether oxygens (including phenoxy) is 2. The van der Waals surface area contributed by atoms with Crippen LogP contribution < -0.4 is 5.32 Å². The van der Waals surface area contributed by atoms with Crippen molar-refractivity contribution >= 4 is 45.1 Å². The van der Waals surface area contributed by atoms with E-state index in [-0.39, 0.29) is 27.6 Å². The number of para-hydroxylation sites is 1. The number of amides is 1. The molecule has 4 rings (SSSR count). The molecule has 0 unspecified atom stereocenters. The molecule has 1 amide bonds. The molecule has 2 aromatic heterocycles. The number of aryl methyl sites for hydroxylation is 2. The molecule has 0 fully saturated rings. The Bertz CT molecular complexity index is 1590. The molecule has 0 aliphatic carbocycles. The van der Waals surface area contributed by atoms with E-state index in [1.807, 2.05) is 56.3 Å². The van der Waals surface area contributed by atoms with Crippen molar-refractivity contribution in [3.8, 4) is 11.3 Å². The molecule has 39 heavy (non-hydrogen) atoms. The van der Waals surface area contributed by atoms with Gasteiger partial charge in [-0.1, -0.05) is 30.3 Å². The third-order valence-corrected chi connectivity index (χ3v) is 7.40. The van der Waals surface area contributed by atoms with Gasteiger partial charge in [0.05, 0.1) is 34.5 Å². The second-order valence-electron chi connectivity index (χ2n) is 9.99. The molecule has 0 saturated carbocycles. The molecular formula is C31H32N2O5S. The van der Waals surface area contributed by atoms with E-state index in [1.54, 1.807) is 40.7 Å². The monoisotopic (exact) mass is 544 g/mol. The number of benzene rings is 2. The van der Waals surface area contributed by atoms with Crippen LogP contribution in [0.5, 0.6) is 0 Å². The molecule has 0 radical (unpaired) electrons. The van der Waals surface area contributed by atoms with E-state index in [9.17, 15) is 14.4 Å². The molecular weight excluding hydrogens is 512 g/mol. The van der Waals surface area contributed by atoms with Crippen molar-refractivity contribution in [3.63, 3.8) is 0 Å². The average Bonchev–Trinajstić information content (AvgIpc) is 3.19.